The molecule has 1 unspecified atom stereocenters. The first-order valence-corrected chi connectivity index (χ1v) is 5.80. The minimum absolute atomic E-state index is 0.142. The second-order valence-electron chi connectivity index (χ2n) is 4.37. The summed E-state index contributed by atoms with van der Waals surface area (Å²) in [6.07, 6.45) is 0. The van der Waals surface area contributed by atoms with Crippen molar-refractivity contribution in [3.8, 4) is 0 Å². The van der Waals surface area contributed by atoms with Gasteiger partial charge in [-0.3, -0.25) is 4.79 Å². The molecular weight excluding hydrogens is 208 g/mol. The highest BCUT2D eigenvalue weighted by atomic mass is 16.1. The van der Waals surface area contributed by atoms with E-state index in [0.717, 1.165) is 11.1 Å². The summed E-state index contributed by atoms with van der Waals surface area (Å²) < 4.78 is 0. The Kier molecular flexibility index (Phi) is 3.38. The van der Waals surface area contributed by atoms with Crippen LogP contribution in [0.5, 0.6) is 0 Å². The van der Waals surface area contributed by atoms with Crippen LogP contribution in [0.25, 0.3) is 0 Å². The monoisotopic (exact) mass is 224 g/mol. The largest absolute Gasteiger partial charge is 0.299 e. The third-order valence-corrected chi connectivity index (χ3v) is 2.95. The summed E-state index contributed by atoms with van der Waals surface area (Å²) in [5, 5.41) is 0. The summed E-state index contributed by atoms with van der Waals surface area (Å²) in [4.78, 5) is 11.8. The van der Waals surface area contributed by atoms with Crippen molar-refractivity contribution in [1.82, 2.24) is 0 Å². The predicted octanol–water partition coefficient (Wildman–Crippen LogP) is 3.72. The average Bonchev–Trinajstić information content (AvgIpc) is 2.33. The summed E-state index contributed by atoms with van der Waals surface area (Å²) in [6.45, 7) is 3.70. The van der Waals surface area contributed by atoms with Crippen LogP contribution in [0.2, 0.25) is 0 Å². The lowest BCUT2D eigenvalue weighted by Gasteiger charge is -2.14. The van der Waals surface area contributed by atoms with Crippen LogP contribution in [0, 0.1) is 6.92 Å². The zero-order valence-corrected chi connectivity index (χ0v) is 10.2. The Labute approximate surface area is 102 Å². The van der Waals surface area contributed by atoms with E-state index in [9.17, 15) is 4.79 Å². The second kappa shape index (κ2) is 4.96. The van der Waals surface area contributed by atoms with Crippen LogP contribution >= 0.6 is 0 Å². The van der Waals surface area contributed by atoms with Crippen LogP contribution in [-0.2, 0) is 4.79 Å². The lowest BCUT2D eigenvalue weighted by atomic mass is 9.88. The van der Waals surface area contributed by atoms with Crippen molar-refractivity contribution in [2.75, 3.05) is 0 Å². The van der Waals surface area contributed by atoms with Gasteiger partial charge in [0.2, 0.25) is 0 Å². The van der Waals surface area contributed by atoms with Crippen LogP contribution in [0.4, 0.5) is 0 Å². The number of hydrogen-bond acceptors (Lipinski definition) is 1. The number of ketones is 1. The summed E-state index contributed by atoms with van der Waals surface area (Å²) in [7, 11) is 0. The Hall–Kier alpha value is -1.89. The fraction of sp³-hybridized carbons (Fsp3) is 0.188. The number of hydrogen-bond donors (Lipinski definition) is 0. The fourth-order valence-corrected chi connectivity index (χ4v) is 2.07. The van der Waals surface area contributed by atoms with Crippen LogP contribution < -0.4 is 0 Å². The fourth-order valence-electron chi connectivity index (χ4n) is 2.07. The van der Waals surface area contributed by atoms with E-state index in [1.165, 1.54) is 5.56 Å². The first-order chi connectivity index (χ1) is 8.18. The lowest BCUT2D eigenvalue weighted by molar-refractivity contribution is -0.117. The Morgan fingerprint density at radius 3 is 1.94 bits per heavy atom. The first-order valence-electron chi connectivity index (χ1n) is 5.80. The zero-order valence-electron chi connectivity index (χ0n) is 10.2. The molecule has 2 aromatic carbocycles. The van der Waals surface area contributed by atoms with E-state index in [2.05, 4.69) is 6.92 Å². The van der Waals surface area contributed by atoms with Gasteiger partial charge in [-0.1, -0.05) is 60.2 Å². The van der Waals surface area contributed by atoms with Crippen molar-refractivity contribution >= 4 is 5.78 Å². The molecule has 0 N–H and O–H groups in total. The van der Waals surface area contributed by atoms with Crippen molar-refractivity contribution in [2.24, 2.45) is 0 Å². The standard InChI is InChI=1S/C16H16O/c1-12-8-10-15(11-9-12)16(13(2)17)14-6-4-3-5-7-14/h3-11,16H,1-2H3. The Bertz CT molecular complexity index is 497. The number of aryl methyl sites for hydroxylation is 1. The highest BCUT2D eigenvalue weighted by molar-refractivity contribution is 5.86. The minimum Gasteiger partial charge on any atom is -0.299 e. The quantitative estimate of drug-likeness (QED) is 0.776. The van der Waals surface area contributed by atoms with E-state index in [4.69, 9.17) is 0 Å². The van der Waals surface area contributed by atoms with Gasteiger partial charge in [-0.2, -0.15) is 0 Å². The van der Waals surface area contributed by atoms with Gasteiger partial charge >= 0.3 is 0 Å². The molecule has 0 aromatic heterocycles. The predicted molar refractivity (Wildman–Crippen MR) is 70.1 cm³/mol. The summed E-state index contributed by atoms with van der Waals surface area (Å²) >= 11 is 0. The molecule has 1 heteroatoms. The van der Waals surface area contributed by atoms with E-state index in [-0.39, 0.29) is 11.7 Å². The van der Waals surface area contributed by atoms with Gasteiger partial charge in [0.1, 0.15) is 5.78 Å². The average molecular weight is 224 g/mol. The molecule has 0 radical (unpaired) electrons. The van der Waals surface area contributed by atoms with E-state index in [0.29, 0.717) is 0 Å². The van der Waals surface area contributed by atoms with Crippen molar-refractivity contribution in [3.63, 3.8) is 0 Å². The van der Waals surface area contributed by atoms with E-state index in [1.807, 2.05) is 54.6 Å². The highest BCUT2D eigenvalue weighted by Gasteiger charge is 2.18. The molecule has 0 heterocycles. The minimum atomic E-state index is -0.142. The van der Waals surface area contributed by atoms with Crippen molar-refractivity contribution in [3.05, 3.63) is 71.3 Å². The third kappa shape index (κ3) is 2.62. The molecule has 0 amide bonds. The van der Waals surface area contributed by atoms with Crippen molar-refractivity contribution in [1.29, 1.82) is 0 Å². The Morgan fingerprint density at radius 1 is 0.882 bits per heavy atom. The maximum atomic E-state index is 11.8. The molecule has 0 aliphatic rings. The van der Waals surface area contributed by atoms with Gasteiger partial charge in [0.15, 0.2) is 0 Å². The number of Topliss-reactive ketones (excluding diaryl/α,β-unsaturated/α-hetero) is 1. The zero-order chi connectivity index (χ0) is 12.3. The summed E-state index contributed by atoms with van der Waals surface area (Å²) in [5.41, 5.74) is 3.34. The van der Waals surface area contributed by atoms with Crippen LogP contribution in [0.3, 0.4) is 0 Å². The summed E-state index contributed by atoms with van der Waals surface area (Å²) in [6, 6.07) is 18.1. The SMILES string of the molecule is CC(=O)C(c1ccccc1)c1ccc(C)cc1. The number of carbonyl (C=O) groups is 1. The van der Waals surface area contributed by atoms with Gasteiger partial charge < -0.3 is 0 Å². The molecule has 0 fully saturated rings. The molecule has 1 nitrogen and oxygen atoms in total. The molecule has 0 saturated heterocycles. The van der Waals surface area contributed by atoms with Crippen molar-refractivity contribution < 1.29 is 4.79 Å². The first kappa shape index (κ1) is 11.6. The second-order valence-corrected chi connectivity index (χ2v) is 4.37. The van der Waals surface area contributed by atoms with Gasteiger partial charge in [0.05, 0.1) is 5.92 Å². The maximum absolute atomic E-state index is 11.8. The molecule has 0 saturated carbocycles. The molecule has 17 heavy (non-hydrogen) atoms. The maximum Gasteiger partial charge on any atom is 0.141 e. The van der Waals surface area contributed by atoms with Gasteiger partial charge in [-0.05, 0) is 25.0 Å². The molecule has 2 rings (SSSR count). The molecular formula is C16H16O. The number of carbonyl (C=O) groups excluding carboxylic acids is 1. The smallest absolute Gasteiger partial charge is 0.141 e. The number of benzene rings is 2. The number of rotatable bonds is 3. The van der Waals surface area contributed by atoms with Crippen molar-refractivity contribution in [2.45, 2.75) is 19.8 Å². The molecule has 2 aromatic rings. The van der Waals surface area contributed by atoms with Crippen LogP contribution in [0.15, 0.2) is 54.6 Å². The van der Waals surface area contributed by atoms with E-state index in [1.54, 1.807) is 6.92 Å². The van der Waals surface area contributed by atoms with Gasteiger partial charge in [-0.25, -0.2) is 0 Å². The third-order valence-electron chi connectivity index (χ3n) is 2.95. The Morgan fingerprint density at radius 2 is 1.41 bits per heavy atom. The topological polar surface area (TPSA) is 17.1 Å². The molecule has 1 atom stereocenters. The van der Waals surface area contributed by atoms with E-state index < -0.39 is 0 Å². The van der Waals surface area contributed by atoms with E-state index >= 15 is 0 Å². The van der Waals surface area contributed by atoms with Crippen LogP contribution in [0.1, 0.15) is 29.5 Å². The molecule has 0 spiro atoms. The Balaban J connectivity index is 2.43. The van der Waals surface area contributed by atoms with Gasteiger partial charge in [-0.15, -0.1) is 0 Å². The molecule has 86 valence electrons. The molecule has 0 bridgehead atoms. The van der Waals surface area contributed by atoms with Gasteiger partial charge in [0, 0.05) is 0 Å². The normalized spacial score (nSPS) is 12.1. The summed E-state index contributed by atoms with van der Waals surface area (Å²) in [5.74, 6) is 0.0388. The van der Waals surface area contributed by atoms with Crippen LogP contribution in [-0.4, -0.2) is 5.78 Å². The lowest BCUT2D eigenvalue weighted by Crippen LogP contribution is -2.10. The van der Waals surface area contributed by atoms with Gasteiger partial charge in [0.25, 0.3) is 0 Å². The highest BCUT2D eigenvalue weighted by Crippen LogP contribution is 2.25. The molecule has 0 aliphatic carbocycles. The molecule has 0 aliphatic heterocycles.